The van der Waals surface area contributed by atoms with Crippen molar-refractivity contribution in [2.75, 3.05) is 0 Å². The molecule has 234 valence electrons. The normalized spacial score (nSPS) is 15.5. The average Bonchev–Trinajstić information content (AvgIpc) is 3.72. The van der Waals surface area contributed by atoms with Gasteiger partial charge < -0.3 is 25.0 Å². The van der Waals surface area contributed by atoms with Gasteiger partial charge in [-0.25, -0.2) is 9.59 Å². The molecule has 1 fully saturated rings. The molecular formula is C34H47N3O6. The molecule has 0 bridgehead atoms. The van der Waals surface area contributed by atoms with E-state index in [4.69, 9.17) is 9.47 Å². The van der Waals surface area contributed by atoms with Gasteiger partial charge >= 0.3 is 12.1 Å². The molecule has 43 heavy (non-hydrogen) atoms. The molecule has 0 radical (unpaired) electrons. The average molecular weight is 594 g/mol. The Bertz CT molecular complexity index is 1310. The van der Waals surface area contributed by atoms with Crippen LogP contribution in [0.2, 0.25) is 0 Å². The highest BCUT2D eigenvalue weighted by Crippen LogP contribution is 2.37. The molecule has 1 aliphatic carbocycles. The van der Waals surface area contributed by atoms with Gasteiger partial charge in [0.25, 0.3) is 0 Å². The predicted molar refractivity (Wildman–Crippen MR) is 165 cm³/mol. The first-order chi connectivity index (χ1) is 20.0. The first kappa shape index (κ1) is 33.6. The van der Waals surface area contributed by atoms with Crippen LogP contribution in [0.25, 0.3) is 0 Å². The molecule has 0 aromatic heterocycles. The van der Waals surface area contributed by atoms with E-state index in [1.54, 1.807) is 53.4 Å². The van der Waals surface area contributed by atoms with Gasteiger partial charge in [-0.2, -0.15) is 0 Å². The maximum Gasteiger partial charge on any atom is 0.408 e. The summed E-state index contributed by atoms with van der Waals surface area (Å²) in [4.78, 5) is 55.9. The van der Waals surface area contributed by atoms with Gasteiger partial charge in [0, 0.05) is 12.5 Å². The lowest BCUT2D eigenvalue weighted by molar-refractivity contribution is -0.159. The molecule has 0 spiro atoms. The Balaban J connectivity index is 2.00. The van der Waals surface area contributed by atoms with Crippen LogP contribution < -0.4 is 10.6 Å². The van der Waals surface area contributed by atoms with E-state index in [9.17, 15) is 19.2 Å². The smallest absolute Gasteiger partial charge is 0.408 e. The highest BCUT2D eigenvalue weighted by atomic mass is 16.6. The number of benzene rings is 2. The number of carbonyl (C=O) groups is 4. The van der Waals surface area contributed by atoms with Crippen molar-refractivity contribution in [2.24, 2.45) is 0 Å². The molecule has 0 saturated heterocycles. The molecule has 2 aromatic carbocycles. The number of hydrogen-bond acceptors (Lipinski definition) is 6. The predicted octanol–water partition coefficient (Wildman–Crippen LogP) is 5.32. The molecular weight excluding hydrogens is 546 g/mol. The fraction of sp³-hybridized carbons (Fsp3) is 0.529. The van der Waals surface area contributed by atoms with E-state index in [2.05, 4.69) is 10.6 Å². The summed E-state index contributed by atoms with van der Waals surface area (Å²) in [5.41, 5.74) is 1.84. The zero-order valence-electron chi connectivity index (χ0n) is 26.9. The van der Waals surface area contributed by atoms with Crippen molar-refractivity contribution in [3.05, 3.63) is 70.8 Å². The molecule has 0 heterocycles. The maximum absolute atomic E-state index is 14.4. The molecule has 3 atom stereocenters. The fourth-order valence-electron chi connectivity index (χ4n) is 4.79. The van der Waals surface area contributed by atoms with Crippen molar-refractivity contribution in [3.63, 3.8) is 0 Å². The second-order valence-electron chi connectivity index (χ2n) is 13.3. The number of amides is 3. The molecule has 1 saturated carbocycles. The number of ether oxygens (including phenoxy) is 2. The standard InChI is InChI=1S/C34H47N3O6/c1-21-14-13-17-26(22(21)2)28(37(25-18-19-25)30(39)23(3)35-32(41)43-34(7,8)9)29(38)36-27(31(40)42-33(4,5)6)20-24-15-11-10-12-16-24/h10-17,23,25,27-28H,18-20H2,1-9H3,(H,35,41)(H,36,38). The van der Waals surface area contributed by atoms with E-state index in [1.165, 1.54) is 0 Å². The van der Waals surface area contributed by atoms with Gasteiger partial charge in [-0.1, -0.05) is 48.5 Å². The summed E-state index contributed by atoms with van der Waals surface area (Å²) < 4.78 is 11.1. The summed E-state index contributed by atoms with van der Waals surface area (Å²) in [7, 11) is 0. The molecule has 3 unspecified atom stereocenters. The summed E-state index contributed by atoms with van der Waals surface area (Å²) in [5, 5.41) is 5.57. The van der Waals surface area contributed by atoms with Crippen molar-refractivity contribution in [1.29, 1.82) is 0 Å². The minimum atomic E-state index is -1.04. The van der Waals surface area contributed by atoms with Crippen LogP contribution in [0.4, 0.5) is 4.79 Å². The van der Waals surface area contributed by atoms with Gasteiger partial charge in [0.05, 0.1) is 0 Å². The number of nitrogens with zero attached hydrogens (tertiary/aromatic N) is 1. The largest absolute Gasteiger partial charge is 0.458 e. The Labute approximate surface area is 255 Å². The Kier molecular flexibility index (Phi) is 10.6. The van der Waals surface area contributed by atoms with E-state index in [0.717, 1.165) is 29.5 Å². The summed E-state index contributed by atoms with van der Waals surface area (Å²) in [6.45, 7) is 16.0. The number of carbonyl (C=O) groups excluding carboxylic acids is 4. The molecule has 0 aliphatic heterocycles. The topological polar surface area (TPSA) is 114 Å². The van der Waals surface area contributed by atoms with E-state index < -0.39 is 53.2 Å². The molecule has 3 rings (SSSR count). The van der Waals surface area contributed by atoms with Crippen LogP contribution in [0.15, 0.2) is 48.5 Å². The van der Waals surface area contributed by atoms with Crippen molar-refractivity contribution in [2.45, 2.75) is 117 Å². The van der Waals surface area contributed by atoms with E-state index >= 15 is 0 Å². The second kappa shape index (κ2) is 13.6. The molecule has 9 nitrogen and oxygen atoms in total. The summed E-state index contributed by atoms with van der Waals surface area (Å²) in [5.74, 6) is -1.47. The van der Waals surface area contributed by atoms with Crippen LogP contribution in [-0.2, 0) is 30.3 Å². The minimum absolute atomic E-state index is 0.194. The Morgan fingerprint density at radius 3 is 2.02 bits per heavy atom. The van der Waals surface area contributed by atoms with Gasteiger partial charge in [-0.15, -0.1) is 0 Å². The lowest BCUT2D eigenvalue weighted by Crippen LogP contribution is -2.55. The number of esters is 1. The van der Waals surface area contributed by atoms with Crippen LogP contribution in [0.3, 0.4) is 0 Å². The molecule has 2 N–H and O–H groups in total. The summed E-state index contributed by atoms with van der Waals surface area (Å²) in [6.07, 6.45) is 0.942. The van der Waals surface area contributed by atoms with E-state index in [0.29, 0.717) is 5.56 Å². The Morgan fingerprint density at radius 1 is 0.860 bits per heavy atom. The zero-order valence-corrected chi connectivity index (χ0v) is 26.9. The third kappa shape index (κ3) is 9.83. The monoisotopic (exact) mass is 593 g/mol. The number of rotatable bonds is 10. The lowest BCUT2D eigenvalue weighted by Gasteiger charge is -2.35. The fourth-order valence-corrected chi connectivity index (χ4v) is 4.79. The Morgan fingerprint density at radius 2 is 1.47 bits per heavy atom. The summed E-state index contributed by atoms with van der Waals surface area (Å²) >= 11 is 0. The minimum Gasteiger partial charge on any atom is -0.458 e. The quantitative estimate of drug-likeness (QED) is 0.361. The van der Waals surface area contributed by atoms with Crippen LogP contribution in [0.5, 0.6) is 0 Å². The second-order valence-corrected chi connectivity index (χ2v) is 13.3. The molecule has 1 aliphatic rings. The lowest BCUT2D eigenvalue weighted by atomic mass is 9.94. The van der Waals surface area contributed by atoms with Gasteiger partial charge in [-0.05, 0) is 97.4 Å². The third-order valence-corrected chi connectivity index (χ3v) is 7.06. The highest BCUT2D eigenvalue weighted by molar-refractivity contribution is 5.94. The van der Waals surface area contributed by atoms with Gasteiger partial charge in [-0.3, -0.25) is 9.59 Å². The van der Waals surface area contributed by atoms with Gasteiger partial charge in [0.1, 0.15) is 29.3 Å². The van der Waals surface area contributed by atoms with Crippen molar-refractivity contribution < 1.29 is 28.7 Å². The zero-order chi connectivity index (χ0) is 32.1. The SMILES string of the molecule is Cc1cccc(C(C(=O)NC(Cc2ccccc2)C(=O)OC(C)(C)C)N(C(=O)C(C)NC(=O)OC(C)(C)C)C2CC2)c1C. The number of hydrogen-bond donors (Lipinski definition) is 2. The van der Waals surface area contributed by atoms with Gasteiger partial charge in [0.15, 0.2) is 0 Å². The van der Waals surface area contributed by atoms with Crippen molar-refractivity contribution in [1.82, 2.24) is 15.5 Å². The Hall–Kier alpha value is -3.88. The third-order valence-electron chi connectivity index (χ3n) is 7.06. The molecule has 2 aromatic rings. The maximum atomic E-state index is 14.4. The van der Waals surface area contributed by atoms with E-state index in [-0.39, 0.29) is 12.5 Å². The van der Waals surface area contributed by atoms with E-state index in [1.807, 2.05) is 62.4 Å². The first-order valence-electron chi connectivity index (χ1n) is 14.9. The summed E-state index contributed by atoms with van der Waals surface area (Å²) in [6, 6.07) is 11.8. The van der Waals surface area contributed by atoms with Gasteiger partial charge in [0.2, 0.25) is 11.8 Å². The van der Waals surface area contributed by atoms with Crippen LogP contribution in [0.1, 0.15) is 89.6 Å². The number of alkyl carbamates (subject to hydrolysis) is 1. The molecule has 3 amide bonds. The van der Waals surface area contributed by atoms with Crippen molar-refractivity contribution in [3.8, 4) is 0 Å². The number of aryl methyl sites for hydroxylation is 1. The van der Waals surface area contributed by atoms with Crippen LogP contribution in [-0.4, -0.2) is 58.1 Å². The van der Waals surface area contributed by atoms with Crippen LogP contribution >= 0.6 is 0 Å². The molecule has 9 heteroatoms. The first-order valence-corrected chi connectivity index (χ1v) is 14.9. The highest BCUT2D eigenvalue weighted by Gasteiger charge is 2.44. The van der Waals surface area contributed by atoms with Crippen LogP contribution in [0, 0.1) is 13.8 Å². The number of nitrogens with one attached hydrogen (secondary N) is 2. The van der Waals surface area contributed by atoms with Crippen molar-refractivity contribution >= 4 is 23.9 Å².